The molecule has 3 aromatic rings. The summed E-state index contributed by atoms with van der Waals surface area (Å²) >= 11 is 0. The molecule has 0 unspecified atom stereocenters. The normalized spacial score (nSPS) is 10.7. The Morgan fingerprint density at radius 2 is 1.75 bits per heavy atom. The van der Waals surface area contributed by atoms with E-state index in [1.807, 2.05) is 12.1 Å². The summed E-state index contributed by atoms with van der Waals surface area (Å²) in [4.78, 5) is 7.33. The van der Waals surface area contributed by atoms with Gasteiger partial charge in [0.05, 0.1) is 11.0 Å². The van der Waals surface area contributed by atoms with Crippen LogP contribution in [0, 0.1) is 0 Å². The summed E-state index contributed by atoms with van der Waals surface area (Å²) < 4.78 is 0. The quantitative estimate of drug-likeness (QED) is 0.734. The predicted molar refractivity (Wildman–Crippen MR) is 84.3 cm³/mol. The van der Waals surface area contributed by atoms with Crippen molar-refractivity contribution in [3.63, 3.8) is 0 Å². The monoisotopic (exact) mass is 263 g/mol. The standard InChI is InChI=1S/C17H17N3/c1-11(2)16(12-6-4-3-5-7-12)13-8-9-14-15(10-13)20-17(18)19-14/h3-10H,1-2H3,(H3,18,19,20). The van der Waals surface area contributed by atoms with Gasteiger partial charge in [0, 0.05) is 0 Å². The Balaban J connectivity index is 2.18. The number of aromatic nitrogens is 2. The van der Waals surface area contributed by atoms with Gasteiger partial charge in [0.15, 0.2) is 5.95 Å². The second kappa shape index (κ2) is 4.85. The second-order valence-electron chi connectivity index (χ2n) is 5.09. The highest BCUT2D eigenvalue weighted by molar-refractivity contribution is 5.87. The number of imidazole rings is 1. The van der Waals surface area contributed by atoms with Crippen LogP contribution in [0.4, 0.5) is 5.95 Å². The van der Waals surface area contributed by atoms with Crippen molar-refractivity contribution in [2.24, 2.45) is 0 Å². The number of nitrogens with zero attached hydrogens (tertiary/aromatic N) is 1. The molecule has 1 heterocycles. The minimum absolute atomic E-state index is 0.454. The number of rotatable bonds is 2. The lowest BCUT2D eigenvalue weighted by Crippen LogP contribution is -1.90. The number of nitrogens with one attached hydrogen (secondary N) is 1. The maximum Gasteiger partial charge on any atom is 0.198 e. The fourth-order valence-corrected chi connectivity index (χ4v) is 2.53. The third-order valence-corrected chi connectivity index (χ3v) is 3.35. The average Bonchev–Trinajstić information content (AvgIpc) is 2.79. The van der Waals surface area contributed by atoms with Gasteiger partial charge in [-0.3, -0.25) is 0 Å². The first-order chi connectivity index (χ1) is 9.65. The summed E-state index contributed by atoms with van der Waals surface area (Å²) in [6.07, 6.45) is 0. The highest BCUT2D eigenvalue weighted by atomic mass is 15.0. The van der Waals surface area contributed by atoms with E-state index in [9.17, 15) is 0 Å². The predicted octanol–water partition coefficient (Wildman–Crippen LogP) is 3.99. The van der Waals surface area contributed by atoms with Crippen molar-refractivity contribution in [3.05, 3.63) is 65.2 Å². The lowest BCUT2D eigenvalue weighted by atomic mass is 9.94. The van der Waals surface area contributed by atoms with Crippen molar-refractivity contribution < 1.29 is 0 Å². The zero-order chi connectivity index (χ0) is 14.1. The molecule has 20 heavy (non-hydrogen) atoms. The van der Waals surface area contributed by atoms with Gasteiger partial charge in [-0.05, 0) is 42.7 Å². The van der Waals surface area contributed by atoms with E-state index in [0.29, 0.717) is 5.95 Å². The van der Waals surface area contributed by atoms with Crippen LogP contribution < -0.4 is 5.73 Å². The Morgan fingerprint density at radius 3 is 2.45 bits per heavy atom. The van der Waals surface area contributed by atoms with Crippen LogP contribution in [0.25, 0.3) is 16.6 Å². The van der Waals surface area contributed by atoms with Crippen LogP contribution in [0.1, 0.15) is 25.0 Å². The first kappa shape index (κ1) is 12.5. The minimum atomic E-state index is 0.454. The third kappa shape index (κ3) is 2.18. The average molecular weight is 263 g/mol. The largest absolute Gasteiger partial charge is 0.369 e. The molecular formula is C17H17N3. The number of hydrogen-bond acceptors (Lipinski definition) is 2. The maximum atomic E-state index is 5.71. The molecule has 0 saturated carbocycles. The van der Waals surface area contributed by atoms with Crippen molar-refractivity contribution in [1.82, 2.24) is 9.97 Å². The molecule has 3 N–H and O–H groups in total. The number of allylic oxidation sites excluding steroid dienone is 1. The smallest absolute Gasteiger partial charge is 0.198 e. The van der Waals surface area contributed by atoms with Gasteiger partial charge in [-0.2, -0.15) is 0 Å². The fraction of sp³-hybridized carbons (Fsp3) is 0.118. The Labute approximate surface area is 118 Å². The topological polar surface area (TPSA) is 54.7 Å². The molecule has 3 rings (SSSR count). The molecule has 1 aromatic heterocycles. The number of nitrogen functional groups attached to an aromatic ring is 1. The molecule has 2 aromatic carbocycles. The Kier molecular flexibility index (Phi) is 3.03. The molecule has 0 fully saturated rings. The van der Waals surface area contributed by atoms with Gasteiger partial charge in [0.1, 0.15) is 0 Å². The number of aromatic amines is 1. The summed E-state index contributed by atoms with van der Waals surface area (Å²) in [7, 11) is 0. The molecule has 0 bridgehead atoms. The van der Waals surface area contributed by atoms with Crippen LogP contribution in [0.3, 0.4) is 0 Å². The van der Waals surface area contributed by atoms with Crippen LogP contribution in [-0.2, 0) is 0 Å². The molecule has 3 nitrogen and oxygen atoms in total. The SMILES string of the molecule is CC(C)=C(c1ccccc1)c1ccc2nc(N)[nH]c2c1. The maximum absolute atomic E-state index is 5.71. The zero-order valence-electron chi connectivity index (χ0n) is 11.6. The lowest BCUT2D eigenvalue weighted by Gasteiger charge is -2.11. The van der Waals surface area contributed by atoms with Crippen molar-refractivity contribution in [1.29, 1.82) is 0 Å². The van der Waals surface area contributed by atoms with E-state index in [-0.39, 0.29) is 0 Å². The summed E-state index contributed by atoms with van der Waals surface area (Å²) in [5.74, 6) is 0.454. The Morgan fingerprint density at radius 1 is 1.00 bits per heavy atom. The molecule has 0 saturated heterocycles. The number of benzene rings is 2. The van der Waals surface area contributed by atoms with Gasteiger partial charge in [-0.15, -0.1) is 0 Å². The van der Waals surface area contributed by atoms with Crippen molar-refractivity contribution in [2.45, 2.75) is 13.8 Å². The van der Waals surface area contributed by atoms with E-state index in [1.165, 1.54) is 22.3 Å². The molecule has 3 heteroatoms. The van der Waals surface area contributed by atoms with Crippen LogP contribution in [0.5, 0.6) is 0 Å². The molecule has 0 amide bonds. The molecular weight excluding hydrogens is 246 g/mol. The Bertz CT molecular complexity index is 778. The van der Waals surface area contributed by atoms with E-state index >= 15 is 0 Å². The molecule has 0 aliphatic heterocycles. The van der Waals surface area contributed by atoms with Crippen LogP contribution in [0.2, 0.25) is 0 Å². The van der Waals surface area contributed by atoms with Crippen LogP contribution in [-0.4, -0.2) is 9.97 Å². The summed E-state index contributed by atoms with van der Waals surface area (Å²) in [6, 6.07) is 16.6. The first-order valence-electron chi connectivity index (χ1n) is 6.63. The summed E-state index contributed by atoms with van der Waals surface area (Å²) in [6.45, 7) is 4.27. The van der Waals surface area contributed by atoms with Gasteiger partial charge >= 0.3 is 0 Å². The second-order valence-corrected chi connectivity index (χ2v) is 5.09. The van der Waals surface area contributed by atoms with E-state index in [1.54, 1.807) is 0 Å². The number of H-pyrrole nitrogens is 1. The number of anilines is 1. The molecule has 0 aliphatic rings. The summed E-state index contributed by atoms with van der Waals surface area (Å²) in [5, 5.41) is 0. The number of nitrogens with two attached hydrogens (primary N) is 1. The van der Waals surface area contributed by atoms with E-state index in [4.69, 9.17) is 5.73 Å². The van der Waals surface area contributed by atoms with Gasteiger partial charge in [-0.1, -0.05) is 42.0 Å². The van der Waals surface area contributed by atoms with Gasteiger partial charge < -0.3 is 10.7 Å². The van der Waals surface area contributed by atoms with Crippen molar-refractivity contribution >= 4 is 22.6 Å². The lowest BCUT2D eigenvalue weighted by molar-refractivity contribution is 1.35. The summed E-state index contributed by atoms with van der Waals surface area (Å²) in [5.41, 5.74) is 12.5. The molecule has 0 aliphatic carbocycles. The number of fused-ring (bicyclic) bond motifs is 1. The third-order valence-electron chi connectivity index (χ3n) is 3.35. The Hall–Kier alpha value is -2.55. The van der Waals surface area contributed by atoms with Gasteiger partial charge in [0.25, 0.3) is 0 Å². The van der Waals surface area contributed by atoms with Gasteiger partial charge in [-0.25, -0.2) is 4.98 Å². The minimum Gasteiger partial charge on any atom is -0.369 e. The highest BCUT2D eigenvalue weighted by Crippen LogP contribution is 2.28. The van der Waals surface area contributed by atoms with Gasteiger partial charge in [0.2, 0.25) is 0 Å². The van der Waals surface area contributed by atoms with E-state index in [2.05, 4.69) is 60.2 Å². The first-order valence-corrected chi connectivity index (χ1v) is 6.63. The van der Waals surface area contributed by atoms with E-state index < -0.39 is 0 Å². The zero-order valence-corrected chi connectivity index (χ0v) is 11.6. The van der Waals surface area contributed by atoms with Crippen LogP contribution in [0.15, 0.2) is 54.1 Å². The van der Waals surface area contributed by atoms with Crippen molar-refractivity contribution in [3.8, 4) is 0 Å². The fourth-order valence-electron chi connectivity index (χ4n) is 2.53. The highest BCUT2D eigenvalue weighted by Gasteiger charge is 2.09. The van der Waals surface area contributed by atoms with Crippen molar-refractivity contribution in [2.75, 3.05) is 5.73 Å². The molecule has 0 atom stereocenters. The molecule has 100 valence electrons. The van der Waals surface area contributed by atoms with Crippen LogP contribution >= 0.6 is 0 Å². The number of hydrogen-bond donors (Lipinski definition) is 2. The molecule has 0 radical (unpaired) electrons. The van der Waals surface area contributed by atoms with E-state index in [0.717, 1.165) is 11.0 Å². The molecule has 0 spiro atoms.